The van der Waals surface area contributed by atoms with Gasteiger partial charge in [-0.05, 0) is 43.2 Å². The van der Waals surface area contributed by atoms with Gasteiger partial charge in [0.1, 0.15) is 0 Å². The minimum atomic E-state index is -0.354. The van der Waals surface area contributed by atoms with Crippen molar-refractivity contribution in [3.8, 4) is 0 Å². The molecule has 0 spiro atoms. The van der Waals surface area contributed by atoms with Crippen molar-refractivity contribution in [3.05, 3.63) is 21.9 Å². The van der Waals surface area contributed by atoms with Crippen LogP contribution in [-0.2, 0) is 6.42 Å². The largest absolute Gasteiger partial charge is 0.390 e. The van der Waals surface area contributed by atoms with Crippen molar-refractivity contribution in [3.63, 3.8) is 0 Å². The molecule has 2 heteroatoms. The highest BCUT2D eigenvalue weighted by Gasteiger charge is 2.34. The van der Waals surface area contributed by atoms with E-state index in [2.05, 4.69) is 18.4 Å². The molecule has 0 unspecified atom stereocenters. The summed E-state index contributed by atoms with van der Waals surface area (Å²) in [6.45, 7) is 2.11. The zero-order valence-electron chi connectivity index (χ0n) is 7.34. The molecule has 2 rings (SSSR count). The molecule has 66 valence electrons. The van der Waals surface area contributed by atoms with Crippen molar-refractivity contribution in [1.82, 2.24) is 0 Å². The van der Waals surface area contributed by atoms with Crippen molar-refractivity contribution in [2.24, 2.45) is 0 Å². The average molecular weight is 182 g/mol. The molecule has 0 aliphatic heterocycles. The lowest BCUT2D eigenvalue weighted by Gasteiger charge is -2.36. The summed E-state index contributed by atoms with van der Waals surface area (Å²) in [5.74, 6) is 0. The third kappa shape index (κ3) is 1.54. The van der Waals surface area contributed by atoms with Crippen LogP contribution in [0, 0.1) is 6.92 Å². The molecule has 0 aromatic carbocycles. The summed E-state index contributed by atoms with van der Waals surface area (Å²) >= 11 is 1.77. The van der Waals surface area contributed by atoms with Crippen LogP contribution in [0.5, 0.6) is 0 Å². The number of rotatable bonds is 2. The Kier molecular flexibility index (Phi) is 1.97. The first-order valence-electron chi connectivity index (χ1n) is 4.44. The molecule has 0 atom stereocenters. The van der Waals surface area contributed by atoms with Gasteiger partial charge in [-0.25, -0.2) is 0 Å². The van der Waals surface area contributed by atoms with Crippen LogP contribution in [0.25, 0.3) is 0 Å². The molecule has 1 aliphatic carbocycles. The van der Waals surface area contributed by atoms with E-state index in [0.717, 1.165) is 19.3 Å². The topological polar surface area (TPSA) is 20.2 Å². The fourth-order valence-electron chi connectivity index (χ4n) is 1.73. The van der Waals surface area contributed by atoms with Crippen LogP contribution >= 0.6 is 11.3 Å². The van der Waals surface area contributed by atoms with Gasteiger partial charge in [0.05, 0.1) is 5.60 Å². The van der Waals surface area contributed by atoms with E-state index < -0.39 is 0 Å². The van der Waals surface area contributed by atoms with Gasteiger partial charge in [0.2, 0.25) is 0 Å². The minimum Gasteiger partial charge on any atom is -0.390 e. The first-order chi connectivity index (χ1) is 5.68. The van der Waals surface area contributed by atoms with Crippen LogP contribution in [0.15, 0.2) is 11.4 Å². The summed E-state index contributed by atoms with van der Waals surface area (Å²) < 4.78 is 0. The molecule has 0 radical (unpaired) electrons. The summed E-state index contributed by atoms with van der Waals surface area (Å²) in [5.41, 5.74) is 0.952. The highest BCUT2D eigenvalue weighted by atomic mass is 32.1. The Morgan fingerprint density at radius 3 is 2.75 bits per heavy atom. The van der Waals surface area contributed by atoms with E-state index in [0.29, 0.717) is 0 Å². The second-order valence-corrected chi connectivity index (χ2v) is 4.94. The fourth-order valence-corrected chi connectivity index (χ4v) is 2.44. The number of aliphatic hydroxyl groups is 1. The molecule has 1 saturated carbocycles. The van der Waals surface area contributed by atoms with Crippen molar-refractivity contribution < 1.29 is 5.11 Å². The Hall–Kier alpha value is -0.340. The second-order valence-electron chi connectivity index (χ2n) is 3.82. The number of thiophene rings is 1. The Morgan fingerprint density at radius 2 is 2.33 bits per heavy atom. The molecule has 0 saturated heterocycles. The molecule has 12 heavy (non-hydrogen) atoms. The second kappa shape index (κ2) is 2.86. The molecular formula is C10H14OS. The maximum absolute atomic E-state index is 9.88. The van der Waals surface area contributed by atoms with Gasteiger partial charge < -0.3 is 5.11 Å². The van der Waals surface area contributed by atoms with Crippen molar-refractivity contribution in [2.45, 2.75) is 38.2 Å². The van der Waals surface area contributed by atoms with E-state index in [4.69, 9.17) is 0 Å². The lowest BCUT2D eigenvalue weighted by Crippen LogP contribution is -2.38. The SMILES string of the molecule is Cc1cc(CC2(O)CCC2)cs1. The van der Waals surface area contributed by atoms with Crippen LogP contribution in [-0.4, -0.2) is 10.7 Å². The molecule has 1 N–H and O–H groups in total. The molecule has 1 heterocycles. The van der Waals surface area contributed by atoms with Gasteiger partial charge in [-0.15, -0.1) is 11.3 Å². The van der Waals surface area contributed by atoms with Crippen LogP contribution < -0.4 is 0 Å². The van der Waals surface area contributed by atoms with Crippen LogP contribution in [0.3, 0.4) is 0 Å². The Morgan fingerprint density at radius 1 is 1.58 bits per heavy atom. The molecule has 1 nitrogen and oxygen atoms in total. The molecule has 1 aromatic heterocycles. The summed E-state index contributed by atoms with van der Waals surface area (Å²) in [7, 11) is 0. The van der Waals surface area contributed by atoms with E-state index >= 15 is 0 Å². The Balaban J connectivity index is 2.03. The Bertz CT molecular complexity index is 273. The lowest BCUT2D eigenvalue weighted by atomic mass is 9.76. The van der Waals surface area contributed by atoms with Gasteiger partial charge in [-0.2, -0.15) is 0 Å². The summed E-state index contributed by atoms with van der Waals surface area (Å²) in [5, 5.41) is 12.0. The molecule has 0 amide bonds. The van der Waals surface area contributed by atoms with E-state index in [-0.39, 0.29) is 5.60 Å². The monoisotopic (exact) mass is 182 g/mol. The van der Waals surface area contributed by atoms with Crippen molar-refractivity contribution in [1.29, 1.82) is 0 Å². The first-order valence-corrected chi connectivity index (χ1v) is 5.32. The highest BCUT2D eigenvalue weighted by Crippen LogP contribution is 2.35. The number of hydrogen-bond donors (Lipinski definition) is 1. The van der Waals surface area contributed by atoms with E-state index in [1.165, 1.54) is 16.9 Å². The summed E-state index contributed by atoms with van der Waals surface area (Å²) in [6.07, 6.45) is 4.03. The van der Waals surface area contributed by atoms with Crippen LogP contribution in [0.1, 0.15) is 29.7 Å². The van der Waals surface area contributed by atoms with Gasteiger partial charge in [-0.3, -0.25) is 0 Å². The third-order valence-corrected chi connectivity index (χ3v) is 3.51. The summed E-state index contributed by atoms with van der Waals surface area (Å²) in [6, 6.07) is 2.18. The smallest absolute Gasteiger partial charge is 0.0688 e. The van der Waals surface area contributed by atoms with Gasteiger partial charge in [-0.1, -0.05) is 0 Å². The van der Waals surface area contributed by atoms with Crippen molar-refractivity contribution in [2.75, 3.05) is 0 Å². The molecule has 1 aliphatic rings. The van der Waals surface area contributed by atoms with Gasteiger partial charge in [0.25, 0.3) is 0 Å². The quantitative estimate of drug-likeness (QED) is 0.745. The van der Waals surface area contributed by atoms with Crippen LogP contribution in [0.4, 0.5) is 0 Å². The van der Waals surface area contributed by atoms with Crippen molar-refractivity contribution >= 4 is 11.3 Å². The van der Waals surface area contributed by atoms with Gasteiger partial charge in [0.15, 0.2) is 0 Å². The summed E-state index contributed by atoms with van der Waals surface area (Å²) in [4.78, 5) is 1.34. The third-order valence-electron chi connectivity index (χ3n) is 2.60. The van der Waals surface area contributed by atoms with Gasteiger partial charge >= 0.3 is 0 Å². The van der Waals surface area contributed by atoms with Gasteiger partial charge in [0, 0.05) is 11.3 Å². The van der Waals surface area contributed by atoms with Crippen LogP contribution in [0.2, 0.25) is 0 Å². The van der Waals surface area contributed by atoms with E-state index in [1.54, 1.807) is 11.3 Å². The average Bonchev–Trinajstić information content (AvgIpc) is 2.32. The maximum Gasteiger partial charge on any atom is 0.0688 e. The first kappa shape index (κ1) is 8.27. The number of aryl methyl sites for hydroxylation is 1. The zero-order chi connectivity index (χ0) is 8.60. The maximum atomic E-state index is 9.88. The minimum absolute atomic E-state index is 0.354. The predicted octanol–water partition coefficient (Wildman–Crippen LogP) is 2.51. The molecular weight excluding hydrogens is 168 g/mol. The highest BCUT2D eigenvalue weighted by molar-refractivity contribution is 7.10. The molecule has 1 aromatic rings. The molecule has 0 bridgehead atoms. The predicted molar refractivity (Wildman–Crippen MR) is 51.6 cm³/mol. The van der Waals surface area contributed by atoms with E-state index in [1.807, 2.05) is 0 Å². The zero-order valence-corrected chi connectivity index (χ0v) is 8.16. The fraction of sp³-hybridized carbons (Fsp3) is 0.600. The lowest BCUT2D eigenvalue weighted by molar-refractivity contribution is -0.0322. The molecule has 1 fully saturated rings. The number of hydrogen-bond acceptors (Lipinski definition) is 2. The Labute approximate surface area is 77.0 Å². The van der Waals surface area contributed by atoms with E-state index in [9.17, 15) is 5.11 Å². The standard InChI is InChI=1S/C10H14OS/c1-8-5-9(7-12-8)6-10(11)3-2-4-10/h5,7,11H,2-4,6H2,1H3. The normalized spacial score (nSPS) is 20.5.